The fourth-order valence-corrected chi connectivity index (χ4v) is 1.93. The summed E-state index contributed by atoms with van der Waals surface area (Å²) in [6, 6.07) is 12.9. The maximum Gasteiger partial charge on any atom is 0.181 e. The smallest absolute Gasteiger partial charge is 0.181 e. The Morgan fingerprint density at radius 3 is 2.48 bits per heavy atom. The summed E-state index contributed by atoms with van der Waals surface area (Å²) in [7, 11) is 0. The zero-order chi connectivity index (χ0) is 14.5. The second-order valence-electron chi connectivity index (χ2n) is 4.60. The van der Waals surface area contributed by atoms with E-state index in [4.69, 9.17) is 19.6 Å². The lowest BCUT2D eigenvalue weighted by Crippen LogP contribution is -2.05. The van der Waals surface area contributed by atoms with Crippen LogP contribution in [0.2, 0.25) is 0 Å². The second kappa shape index (κ2) is 6.17. The highest BCUT2D eigenvalue weighted by Gasteiger charge is 2.01. The molecule has 0 aliphatic rings. The van der Waals surface area contributed by atoms with E-state index in [0.29, 0.717) is 13.2 Å². The standard InChI is InChI=1S/C16H16N2O3/c17-12-2-4-13(5-3-12)19-8-1-9-20-14-6-7-16-15(10-14)18-11-21-16/h2-7,10-11H,1,8-9,17H2. The normalized spacial score (nSPS) is 10.7. The summed E-state index contributed by atoms with van der Waals surface area (Å²) >= 11 is 0. The van der Waals surface area contributed by atoms with Crippen molar-refractivity contribution in [2.45, 2.75) is 6.42 Å². The number of hydrogen-bond donors (Lipinski definition) is 1. The Kier molecular flexibility index (Phi) is 3.91. The van der Waals surface area contributed by atoms with Gasteiger partial charge in [0, 0.05) is 18.2 Å². The number of benzene rings is 2. The fraction of sp³-hybridized carbons (Fsp3) is 0.188. The first-order valence-corrected chi connectivity index (χ1v) is 6.76. The minimum absolute atomic E-state index is 0.582. The van der Waals surface area contributed by atoms with Gasteiger partial charge >= 0.3 is 0 Å². The van der Waals surface area contributed by atoms with Gasteiger partial charge in [0.05, 0.1) is 13.2 Å². The Morgan fingerprint density at radius 1 is 0.952 bits per heavy atom. The summed E-state index contributed by atoms with van der Waals surface area (Å²) in [5.41, 5.74) is 7.90. The first-order chi connectivity index (χ1) is 10.3. The van der Waals surface area contributed by atoms with E-state index >= 15 is 0 Å². The van der Waals surface area contributed by atoms with Gasteiger partial charge < -0.3 is 19.6 Å². The van der Waals surface area contributed by atoms with Crippen molar-refractivity contribution in [1.82, 2.24) is 4.98 Å². The predicted molar refractivity (Wildman–Crippen MR) is 80.5 cm³/mol. The van der Waals surface area contributed by atoms with Crippen LogP contribution in [0.5, 0.6) is 11.5 Å². The van der Waals surface area contributed by atoms with E-state index < -0.39 is 0 Å². The van der Waals surface area contributed by atoms with Crippen molar-refractivity contribution in [2.24, 2.45) is 0 Å². The molecule has 0 radical (unpaired) electrons. The summed E-state index contributed by atoms with van der Waals surface area (Å²) in [5, 5.41) is 0. The third-order valence-electron chi connectivity index (χ3n) is 3.01. The molecule has 21 heavy (non-hydrogen) atoms. The number of aromatic nitrogens is 1. The molecule has 5 nitrogen and oxygen atoms in total. The largest absolute Gasteiger partial charge is 0.493 e. The Morgan fingerprint density at radius 2 is 1.67 bits per heavy atom. The topological polar surface area (TPSA) is 70.5 Å². The summed E-state index contributed by atoms with van der Waals surface area (Å²) < 4.78 is 16.4. The highest BCUT2D eigenvalue weighted by atomic mass is 16.5. The molecule has 0 fully saturated rings. The highest BCUT2D eigenvalue weighted by Crippen LogP contribution is 2.19. The van der Waals surface area contributed by atoms with Crippen LogP contribution in [0.3, 0.4) is 0 Å². The molecule has 2 aromatic carbocycles. The van der Waals surface area contributed by atoms with Gasteiger partial charge in [-0.05, 0) is 36.4 Å². The van der Waals surface area contributed by atoms with E-state index in [1.54, 1.807) is 0 Å². The zero-order valence-electron chi connectivity index (χ0n) is 11.5. The van der Waals surface area contributed by atoms with Gasteiger partial charge in [-0.1, -0.05) is 0 Å². The van der Waals surface area contributed by atoms with Crippen LogP contribution in [0, 0.1) is 0 Å². The van der Waals surface area contributed by atoms with Gasteiger partial charge in [-0.15, -0.1) is 0 Å². The van der Waals surface area contributed by atoms with Gasteiger partial charge in [0.1, 0.15) is 17.0 Å². The van der Waals surface area contributed by atoms with E-state index in [-0.39, 0.29) is 0 Å². The number of nitrogens with zero attached hydrogens (tertiary/aromatic N) is 1. The molecule has 1 aromatic heterocycles. The van der Waals surface area contributed by atoms with Crippen molar-refractivity contribution in [3.05, 3.63) is 48.9 Å². The number of nitrogens with two attached hydrogens (primary N) is 1. The van der Waals surface area contributed by atoms with Crippen molar-refractivity contribution in [1.29, 1.82) is 0 Å². The quantitative estimate of drug-likeness (QED) is 0.555. The lowest BCUT2D eigenvalue weighted by molar-refractivity contribution is 0.247. The molecule has 1 heterocycles. The van der Waals surface area contributed by atoms with Crippen LogP contribution in [0.1, 0.15) is 6.42 Å². The number of rotatable bonds is 6. The Labute approximate surface area is 122 Å². The minimum Gasteiger partial charge on any atom is -0.493 e. The summed E-state index contributed by atoms with van der Waals surface area (Å²) in [5.74, 6) is 1.59. The molecule has 3 rings (SSSR count). The summed E-state index contributed by atoms with van der Waals surface area (Å²) in [6.45, 7) is 1.18. The third-order valence-corrected chi connectivity index (χ3v) is 3.01. The molecule has 0 unspecified atom stereocenters. The maximum atomic E-state index is 5.66. The molecule has 2 N–H and O–H groups in total. The summed E-state index contributed by atoms with van der Waals surface area (Å²) in [4.78, 5) is 4.09. The zero-order valence-corrected chi connectivity index (χ0v) is 11.5. The van der Waals surface area contributed by atoms with E-state index in [1.165, 1.54) is 6.39 Å². The van der Waals surface area contributed by atoms with Gasteiger partial charge in [-0.25, -0.2) is 4.98 Å². The third kappa shape index (κ3) is 3.45. The molecule has 108 valence electrons. The predicted octanol–water partition coefficient (Wildman–Crippen LogP) is 3.26. The van der Waals surface area contributed by atoms with Crippen LogP contribution in [-0.2, 0) is 0 Å². The molecule has 0 bridgehead atoms. The van der Waals surface area contributed by atoms with Gasteiger partial charge in [-0.2, -0.15) is 0 Å². The average Bonchev–Trinajstić information content (AvgIpc) is 2.96. The van der Waals surface area contributed by atoms with Crippen LogP contribution in [0.4, 0.5) is 5.69 Å². The first kappa shape index (κ1) is 13.3. The molecule has 0 spiro atoms. The molecule has 0 amide bonds. The Hall–Kier alpha value is -2.69. The molecule has 5 heteroatoms. The fourth-order valence-electron chi connectivity index (χ4n) is 1.93. The first-order valence-electron chi connectivity index (χ1n) is 6.76. The van der Waals surface area contributed by atoms with Gasteiger partial charge in [0.2, 0.25) is 0 Å². The number of ether oxygens (including phenoxy) is 2. The highest BCUT2D eigenvalue weighted by molar-refractivity contribution is 5.73. The van der Waals surface area contributed by atoms with E-state index in [0.717, 1.165) is 34.7 Å². The number of hydrogen-bond acceptors (Lipinski definition) is 5. The SMILES string of the molecule is Nc1ccc(OCCCOc2ccc3ocnc3c2)cc1. The lowest BCUT2D eigenvalue weighted by Gasteiger charge is -2.08. The van der Waals surface area contributed by atoms with Crippen LogP contribution in [-0.4, -0.2) is 18.2 Å². The van der Waals surface area contributed by atoms with E-state index in [1.807, 2.05) is 42.5 Å². The van der Waals surface area contributed by atoms with Gasteiger partial charge in [0.15, 0.2) is 12.0 Å². The number of oxazole rings is 1. The van der Waals surface area contributed by atoms with Crippen LogP contribution in [0.25, 0.3) is 11.1 Å². The Balaban J connectivity index is 1.42. The molecular formula is C16H16N2O3. The van der Waals surface area contributed by atoms with Crippen molar-refractivity contribution >= 4 is 16.8 Å². The van der Waals surface area contributed by atoms with Crippen molar-refractivity contribution in [3.8, 4) is 11.5 Å². The molecule has 0 aliphatic heterocycles. The minimum atomic E-state index is 0.582. The molecule has 3 aromatic rings. The number of nitrogen functional groups attached to an aromatic ring is 1. The molecule has 0 aliphatic carbocycles. The molecule has 0 atom stereocenters. The van der Waals surface area contributed by atoms with Crippen LogP contribution >= 0.6 is 0 Å². The maximum absolute atomic E-state index is 5.66. The van der Waals surface area contributed by atoms with Crippen molar-refractivity contribution < 1.29 is 13.9 Å². The van der Waals surface area contributed by atoms with Crippen molar-refractivity contribution in [3.63, 3.8) is 0 Å². The van der Waals surface area contributed by atoms with Crippen LogP contribution in [0.15, 0.2) is 53.3 Å². The summed E-state index contributed by atoms with van der Waals surface area (Å²) in [6.07, 6.45) is 2.22. The molecule has 0 saturated heterocycles. The average molecular weight is 284 g/mol. The lowest BCUT2D eigenvalue weighted by atomic mass is 10.3. The van der Waals surface area contributed by atoms with E-state index in [9.17, 15) is 0 Å². The van der Waals surface area contributed by atoms with Crippen molar-refractivity contribution in [2.75, 3.05) is 18.9 Å². The van der Waals surface area contributed by atoms with Crippen LogP contribution < -0.4 is 15.2 Å². The second-order valence-corrected chi connectivity index (χ2v) is 4.60. The van der Waals surface area contributed by atoms with E-state index in [2.05, 4.69) is 4.98 Å². The van der Waals surface area contributed by atoms with Gasteiger partial charge in [-0.3, -0.25) is 0 Å². The molecular weight excluding hydrogens is 268 g/mol. The Bertz CT molecular complexity index is 707. The monoisotopic (exact) mass is 284 g/mol. The van der Waals surface area contributed by atoms with Gasteiger partial charge in [0.25, 0.3) is 0 Å². The molecule has 0 saturated carbocycles. The number of anilines is 1. The number of fused-ring (bicyclic) bond motifs is 1.